The van der Waals surface area contributed by atoms with Crippen LogP contribution in [0.3, 0.4) is 0 Å². The first-order chi connectivity index (χ1) is 14.3. The van der Waals surface area contributed by atoms with Gasteiger partial charge in [-0.05, 0) is 36.8 Å². The largest absolute Gasteiger partial charge is 0.456 e. The molecule has 1 aliphatic heterocycles. The van der Waals surface area contributed by atoms with Gasteiger partial charge in [0.2, 0.25) is 11.8 Å². The van der Waals surface area contributed by atoms with Gasteiger partial charge in [-0.25, -0.2) is 0 Å². The molecule has 2 atom stereocenters. The van der Waals surface area contributed by atoms with Crippen LogP contribution in [0.25, 0.3) is 0 Å². The molecule has 1 fully saturated rings. The normalized spacial score (nSPS) is 20.5. The van der Waals surface area contributed by atoms with Gasteiger partial charge in [-0.15, -0.1) is 0 Å². The van der Waals surface area contributed by atoms with Crippen LogP contribution < -0.4 is 5.32 Å². The summed E-state index contributed by atoms with van der Waals surface area (Å²) in [6.07, 6.45) is 4.84. The number of ether oxygens (including phenoxy) is 1. The molecule has 1 saturated heterocycles. The Morgan fingerprint density at radius 3 is 2.37 bits per heavy atom. The molecule has 1 aliphatic carbocycles. The van der Waals surface area contributed by atoms with Gasteiger partial charge in [-0.2, -0.15) is 0 Å². The second kappa shape index (κ2) is 9.24. The molecule has 3 amide bonds. The summed E-state index contributed by atoms with van der Waals surface area (Å²) in [5.41, 5.74) is 2.68. The lowest BCUT2D eigenvalue weighted by Gasteiger charge is -2.17. The van der Waals surface area contributed by atoms with E-state index in [0.717, 1.165) is 21.7 Å². The van der Waals surface area contributed by atoms with Crippen molar-refractivity contribution in [2.45, 2.75) is 46.0 Å². The number of fused-ring (bicyclic) bond motifs is 1. The lowest BCUT2D eigenvalue weighted by atomic mass is 9.85. The number of nitrogens with zero attached hydrogens (tertiary/aromatic N) is 1. The minimum absolute atomic E-state index is 0.0135. The van der Waals surface area contributed by atoms with Crippen molar-refractivity contribution in [1.82, 2.24) is 4.90 Å². The summed E-state index contributed by atoms with van der Waals surface area (Å²) in [4.78, 5) is 50.3. The van der Waals surface area contributed by atoms with E-state index in [0.29, 0.717) is 12.8 Å². The van der Waals surface area contributed by atoms with Crippen molar-refractivity contribution in [2.24, 2.45) is 11.8 Å². The molecule has 1 heterocycles. The van der Waals surface area contributed by atoms with E-state index in [1.807, 2.05) is 51.1 Å². The highest BCUT2D eigenvalue weighted by atomic mass is 16.5. The third kappa shape index (κ3) is 4.61. The van der Waals surface area contributed by atoms with Crippen molar-refractivity contribution >= 4 is 29.4 Å². The maximum atomic E-state index is 12.4. The summed E-state index contributed by atoms with van der Waals surface area (Å²) in [6.45, 7) is 5.56. The number of aryl methyl sites for hydroxylation is 1. The fraction of sp³-hybridized carbons (Fsp3) is 0.478. The number of rotatable bonds is 7. The highest BCUT2D eigenvalue weighted by molar-refractivity contribution is 6.05. The van der Waals surface area contributed by atoms with Gasteiger partial charge in [0, 0.05) is 12.2 Å². The van der Waals surface area contributed by atoms with Crippen LogP contribution in [0.5, 0.6) is 0 Å². The average molecular weight is 412 g/mol. The van der Waals surface area contributed by atoms with E-state index in [2.05, 4.69) is 5.32 Å². The van der Waals surface area contributed by atoms with Gasteiger partial charge in [0.25, 0.3) is 5.91 Å². The Morgan fingerprint density at radius 2 is 1.77 bits per heavy atom. The zero-order chi connectivity index (χ0) is 21.8. The fourth-order valence-electron chi connectivity index (χ4n) is 4.03. The second-order valence-electron chi connectivity index (χ2n) is 8.14. The van der Waals surface area contributed by atoms with Gasteiger partial charge < -0.3 is 10.1 Å². The topological polar surface area (TPSA) is 92.8 Å². The van der Waals surface area contributed by atoms with Crippen molar-refractivity contribution in [3.05, 3.63) is 41.5 Å². The van der Waals surface area contributed by atoms with Gasteiger partial charge in [-0.3, -0.25) is 24.1 Å². The van der Waals surface area contributed by atoms with E-state index in [-0.39, 0.29) is 42.5 Å². The number of para-hydroxylation sites is 1. The van der Waals surface area contributed by atoms with Crippen molar-refractivity contribution in [3.8, 4) is 0 Å². The molecule has 160 valence electrons. The van der Waals surface area contributed by atoms with Crippen LogP contribution in [0.2, 0.25) is 0 Å². The maximum absolute atomic E-state index is 12.4. The minimum Gasteiger partial charge on any atom is -0.456 e. The Balaban J connectivity index is 1.48. The number of nitrogens with one attached hydrogen (secondary N) is 1. The first-order valence-electron chi connectivity index (χ1n) is 10.3. The van der Waals surface area contributed by atoms with Gasteiger partial charge in [0.15, 0.2) is 6.61 Å². The van der Waals surface area contributed by atoms with Crippen molar-refractivity contribution in [3.63, 3.8) is 0 Å². The quantitative estimate of drug-likeness (QED) is 0.422. The van der Waals surface area contributed by atoms with Crippen LogP contribution in [-0.2, 0) is 23.9 Å². The second-order valence-corrected chi connectivity index (χ2v) is 8.14. The highest BCUT2D eigenvalue weighted by Gasteiger charge is 2.46. The van der Waals surface area contributed by atoms with Gasteiger partial charge in [0.1, 0.15) is 0 Å². The standard InChI is InChI=1S/C23H28N2O5/c1-14(2)16-10-6-7-15(3)21(16)24-19(26)13-30-20(27)11-12-25-22(28)17-8-4-5-9-18(17)23(25)29/h4-7,10,14,17-18H,8-9,11-13H2,1-3H3,(H,24,26)/t17-,18-/m1/s1. The molecule has 0 saturated carbocycles. The Bertz CT molecular complexity index is 864. The number of amides is 3. The van der Waals surface area contributed by atoms with Crippen molar-refractivity contribution < 1.29 is 23.9 Å². The summed E-state index contributed by atoms with van der Waals surface area (Å²) < 4.78 is 5.05. The molecule has 0 aromatic heterocycles. The third-order valence-electron chi connectivity index (χ3n) is 5.69. The summed E-state index contributed by atoms with van der Waals surface area (Å²) >= 11 is 0. The van der Waals surface area contributed by atoms with Gasteiger partial charge >= 0.3 is 5.97 Å². The first-order valence-corrected chi connectivity index (χ1v) is 10.3. The highest BCUT2D eigenvalue weighted by Crippen LogP contribution is 2.35. The van der Waals surface area contributed by atoms with Crippen LogP contribution in [0.4, 0.5) is 5.69 Å². The molecule has 0 bridgehead atoms. The first kappa shape index (κ1) is 21.7. The molecule has 1 aromatic carbocycles. The number of hydrogen-bond acceptors (Lipinski definition) is 5. The van der Waals surface area contributed by atoms with Crippen molar-refractivity contribution in [2.75, 3.05) is 18.5 Å². The van der Waals surface area contributed by atoms with E-state index in [9.17, 15) is 19.2 Å². The Morgan fingerprint density at radius 1 is 1.13 bits per heavy atom. The average Bonchev–Trinajstić information content (AvgIpc) is 2.96. The molecule has 30 heavy (non-hydrogen) atoms. The zero-order valence-corrected chi connectivity index (χ0v) is 17.6. The molecule has 7 heteroatoms. The number of benzene rings is 1. The molecule has 7 nitrogen and oxygen atoms in total. The summed E-state index contributed by atoms with van der Waals surface area (Å²) in [7, 11) is 0. The van der Waals surface area contributed by atoms with Crippen LogP contribution in [-0.4, -0.2) is 41.7 Å². The van der Waals surface area contributed by atoms with Crippen LogP contribution in [0.15, 0.2) is 30.4 Å². The molecule has 0 unspecified atom stereocenters. The molecule has 2 aliphatic rings. The molecular weight excluding hydrogens is 384 g/mol. The maximum Gasteiger partial charge on any atom is 0.308 e. The summed E-state index contributed by atoms with van der Waals surface area (Å²) in [6, 6.07) is 5.80. The number of esters is 1. The fourth-order valence-corrected chi connectivity index (χ4v) is 4.03. The van der Waals surface area contributed by atoms with Gasteiger partial charge in [-0.1, -0.05) is 44.2 Å². The van der Waals surface area contributed by atoms with Gasteiger partial charge in [0.05, 0.1) is 18.3 Å². The lowest BCUT2D eigenvalue weighted by molar-refractivity contribution is -0.148. The number of carbonyl (C=O) groups is 4. The van der Waals surface area contributed by atoms with E-state index < -0.39 is 18.5 Å². The van der Waals surface area contributed by atoms with Crippen LogP contribution in [0.1, 0.15) is 50.2 Å². The van der Waals surface area contributed by atoms with E-state index in [1.165, 1.54) is 0 Å². The Labute approximate surface area is 176 Å². The number of carbonyl (C=O) groups excluding carboxylic acids is 4. The molecular formula is C23H28N2O5. The van der Waals surface area contributed by atoms with E-state index in [1.54, 1.807) is 0 Å². The molecule has 3 rings (SSSR count). The number of allylic oxidation sites excluding steroid dienone is 2. The Kier molecular flexibility index (Phi) is 6.70. The molecule has 0 radical (unpaired) electrons. The smallest absolute Gasteiger partial charge is 0.308 e. The molecule has 0 spiro atoms. The number of imide groups is 1. The third-order valence-corrected chi connectivity index (χ3v) is 5.69. The van der Waals surface area contributed by atoms with Crippen molar-refractivity contribution in [1.29, 1.82) is 0 Å². The van der Waals surface area contributed by atoms with Crippen LogP contribution >= 0.6 is 0 Å². The predicted octanol–water partition coefficient (Wildman–Crippen LogP) is 2.94. The monoisotopic (exact) mass is 412 g/mol. The van der Waals surface area contributed by atoms with Crippen LogP contribution in [0, 0.1) is 18.8 Å². The predicted molar refractivity (Wildman–Crippen MR) is 112 cm³/mol. The van der Waals surface area contributed by atoms with E-state index in [4.69, 9.17) is 4.74 Å². The molecule has 1 N–H and O–H groups in total. The number of likely N-dealkylation sites (tertiary alicyclic amines) is 1. The Hall–Kier alpha value is -2.96. The molecule has 1 aromatic rings. The number of anilines is 1. The zero-order valence-electron chi connectivity index (χ0n) is 17.6. The minimum atomic E-state index is -0.618. The number of hydrogen-bond donors (Lipinski definition) is 1. The van der Waals surface area contributed by atoms with E-state index >= 15 is 0 Å². The SMILES string of the molecule is Cc1cccc(C(C)C)c1NC(=O)COC(=O)CCN1C(=O)[C@@H]2CC=CC[C@H]2C1=O. The summed E-state index contributed by atoms with van der Waals surface area (Å²) in [5.74, 6) is -1.88. The summed E-state index contributed by atoms with van der Waals surface area (Å²) in [5, 5.41) is 2.82. The lowest BCUT2D eigenvalue weighted by Crippen LogP contribution is -2.33.